The molecule has 0 saturated heterocycles. The number of methoxy groups -OCH3 is 1. The minimum absolute atomic E-state index is 0.0728. The van der Waals surface area contributed by atoms with Crippen LogP contribution in [0.2, 0.25) is 0 Å². The minimum Gasteiger partial charge on any atom is -0.375 e. The Morgan fingerprint density at radius 2 is 2.20 bits per heavy atom. The highest BCUT2D eigenvalue weighted by Gasteiger charge is 2.15. The summed E-state index contributed by atoms with van der Waals surface area (Å²) >= 11 is 4.76. The Bertz CT molecular complexity index is 597. The maximum absolute atomic E-state index is 12.0. The summed E-state index contributed by atoms with van der Waals surface area (Å²) in [6, 6.07) is 9.85. The molecule has 3 nitrogen and oxygen atoms in total. The van der Waals surface area contributed by atoms with E-state index in [9.17, 15) is 4.79 Å². The van der Waals surface area contributed by atoms with Gasteiger partial charge in [-0.05, 0) is 40.0 Å². The molecule has 0 aliphatic rings. The fourth-order valence-corrected chi connectivity index (χ4v) is 3.32. The molecule has 5 heteroatoms. The van der Waals surface area contributed by atoms with E-state index in [1.807, 2.05) is 42.6 Å². The van der Waals surface area contributed by atoms with E-state index in [4.69, 9.17) is 4.74 Å². The number of thiophene rings is 1. The van der Waals surface area contributed by atoms with E-state index < -0.39 is 0 Å². The molecule has 0 saturated carbocycles. The van der Waals surface area contributed by atoms with Crippen LogP contribution in [0.5, 0.6) is 0 Å². The molecule has 20 heavy (non-hydrogen) atoms. The normalized spacial score (nSPS) is 12.2. The van der Waals surface area contributed by atoms with Crippen LogP contribution in [0.15, 0.2) is 40.2 Å². The molecule has 0 fully saturated rings. The largest absolute Gasteiger partial charge is 0.375 e. The molecule has 0 bridgehead atoms. The van der Waals surface area contributed by atoms with Crippen LogP contribution in [-0.4, -0.2) is 19.6 Å². The van der Waals surface area contributed by atoms with Crippen molar-refractivity contribution in [2.45, 2.75) is 13.0 Å². The Balaban J connectivity index is 2.01. The molecule has 1 atom stereocenters. The van der Waals surface area contributed by atoms with Gasteiger partial charge in [-0.3, -0.25) is 4.79 Å². The zero-order valence-electron chi connectivity index (χ0n) is 11.4. The molecular weight excluding hydrogens is 338 g/mol. The van der Waals surface area contributed by atoms with Crippen LogP contribution in [0.3, 0.4) is 0 Å². The maximum Gasteiger partial charge on any atom is 0.261 e. The second kappa shape index (κ2) is 7.02. The Hall–Kier alpha value is -1.17. The van der Waals surface area contributed by atoms with Crippen molar-refractivity contribution in [2.75, 3.05) is 13.7 Å². The smallest absolute Gasteiger partial charge is 0.261 e. The first-order chi connectivity index (χ1) is 9.61. The van der Waals surface area contributed by atoms with Crippen molar-refractivity contribution in [3.63, 3.8) is 0 Å². The number of aryl methyl sites for hydroxylation is 1. The van der Waals surface area contributed by atoms with Crippen molar-refractivity contribution >= 4 is 33.2 Å². The Morgan fingerprint density at radius 1 is 1.45 bits per heavy atom. The van der Waals surface area contributed by atoms with Gasteiger partial charge >= 0.3 is 0 Å². The molecule has 0 aliphatic heterocycles. The highest BCUT2D eigenvalue weighted by atomic mass is 79.9. The number of nitrogens with one attached hydrogen (secondary N) is 1. The number of carbonyl (C=O) groups is 1. The molecule has 0 radical (unpaired) electrons. The van der Waals surface area contributed by atoms with E-state index in [-0.39, 0.29) is 12.0 Å². The summed E-state index contributed by atoms with van der Waals surface area (Å²) in [5.74, 6) is -0.0728. The standard InChI is InChI=1S/C15H16BrNO2S/c1-10-5-3-4-6-12(10)13(19-2)8-17-15(18)14-7-11(16)9-20-14/h3-7,9,13H,8H2,1-2H3,(H,17,18). The number of hydrogen-bond donors (Lipinski definition) is 1. The van der Waals surface area contributed by atoms with Crippen molar-refractivity contribution in [2.24, 2.45) is 0 Å². The first-order valence-electron chi connectivity index (χ1n) is 6.22. The fraction of sp³-hybridized carbons (Fsp3) is 0.267. The molecular formula is C15H16BrNO2S. The molecule has 1 aromatic carbocycles. The number of carbonyl (C=O) groups excluding carboxylic acids is 1. The van der Waals surface area contributed by atoms with Crippen molar-refractivity contribution in [3.05, 3.63) is 56.2 Å². The molecule has 1 aromatic heterocycles. The van der Waals surface area contributed by atoms with E-state index in [2.05, 4.69) is 21.2 Å². The van der Waals surface area contributed by atoms with E-state index in [0.29, 0.717) is 11.4 Å². The first kappa shape index (κ1) is 15.2. The monoisotopic (exact) mass is 353 g/mol. The Labute approximate surface area is 131 Å². The topological polar surface area (TPSA) is 38.3 Å². The quantitative estimate of drug-likeness (QED) is 0.883. The molecule has 106 valence electrons. The third-order valence-electron chi connectivity index (χ3n) is 3.06. The van der Waals surface area contributed by atoms with Gasteiger partial charge in [0.25, 0.3) is 5.91 Å². The maximum atomic E-state index is 12.0. The zero-order chi connectivity index (χ0) is 14.5. The fourth-order valence-electron chi connectivity index (χ4n) is 1.97. The van der Waals surface area contributed by atoms with Crippen molar-refractivity contribution < 1.29 is 9.53 Å². The third-order valence-corrected chi connectivity index (χ3v) is 4.75. The minimum atomic E-state index is -0.136. The van der Waals surface area contributed by atoms with Crippen LogP contribution in [0.25, 0.3) is 0 Å². The summed E-state index contributed by atoms with van der Waals surface area (Å²) < 4.78 is 6.41. The van der Waals surface area contributed by atoms with Gasteiger partial charge in [-0.15, -0.1) is 11.3 Å². The van der Waals surface area contributed by atoms with Gasteiger partial charge in [0.05, 0.1) is 11.0 Å². The third kappa shape index (κ3) is 3.69. The summed E-state index contributed by atoms with van der Waals surface area (Å²) in [6.07, 6.45) is -0.136. The van der Waals surface area contributed by atoms with Crippen molar-refractivity contribution in [3.8, 4) is 0 Å². The molecule has 1 unspecified atom stereocenters. The van der Waals surface area contributed by atoms with E-state index in [1.54, 1.807) is 7.11 Å². The summed E-state index contributed by atoms with van der Waals surface area (Å²) in [5.41, 5.74) is 2.26. The average molecular weight is 354 g/mol. The van der Waals surface area contributed by atoms with Crippen molar-refractivity contribution in [1.82, 2.24) is 5.32 Å². The number of benzene rings is 1. The van der Waals surface area contributed by atoms with Gasteiger partial charge < -0.3 is 10.1 Å². The van der Waals surface area contributed by atoms with Crippen LogP contribution in [0.1, 0.15) is 26.9 Å². The Morgan fingerprint density at radius 3 is 2.80 bits per heavy atom. The predicted molar refractivity (Wildman–Crippen MR) is 85.3 cm³/mol. The van der Waals surface area contributed by atoms with Crippen LogP contribution >= 0.6 is 27.3 Å². The molecule has 0 aliphatic carbocycles. The lowest BCUT2D eigenvalue weighted by atomic mass is 10.0. The Kier molecular flexibility index (Phi) is 5.34. The SMILES string of the molecule is COC(CNC(=O)c1cc(Br)cs1)c1ccccc1C. The van der Waals surface area contributed by atoms with Gasteiger partial charge in [-0.2, -0.15) is 0 Å². The number of amides is 1. The number of rotatable bonds is 5. The molecule has 2 rings (SSSR count). The number of halogens is 1. The van der Waals surface area contributed by atoms with Crippen LogP contribution in [-0.2, 0) is 4.74 Å². The van der Waals surface area contributed by atoms with Crippen LogP contribution < -0.4 is 5.32 Å². The summed E-state index contributed by atoms with van der Waals surface area (Å²) in [5, 5.41) is 4.81. The lowest BCUT2D eigenvalue weighted by molar-refractivity contribution is 0.0829. The van der Waals surface area contributed by atoms with Crippen LogP contribution in [0, 0.1) is 6.92 Å². The lowest BCUT2D eigenvalue weighted by Gasteiger charge is -2.18. The molecule has 1 heterocycles. The van der Waals surface area contributed by atoms with E-state index in [1.165, 1.54) is 11.3 Å². The van der Waals surface area contributed by atoms with Crippen LogP contribution in [0.4, 0.5) is 0 Å². The second-order valence-corrected chi connectivity index (χ2v) is 6.25. The van der Waals surface area contributed by atoms with Crippen molar-refractivity contribution in [1.29, 1.82) is 0 Å². The summed E-state index contributed by atoms with van der Waals surface area (Å²) in [7, 11) is 1.66. The first-order valence-corrected chi connectivity index (χ1v) is 7.89. The van der Waals surface area contributed by atoms with Gasteiger partial charge in [0.15, 0.2) is 0 Å². The van der Waals surface area contributed by atoms with Gasteiger partial charge in [0, 0.05) is 23.5 Å². The molecule has 1 amide bonds. The zero-order valence-corrected chi connectivity index (χ0v) is 13.8. The lowest BCUT2D eigenvalue weighted by Crippen LogP contribution is -2.28. The number of ether oxygens (including phenoxy) is 1. The molecule has 2 aromatic rings. The van der Waals surface area contributed by atoms with Gasteiger partial charge in [-0.1, -0.05) is 24.3 Å². The molecule has 1 N–H and O–H groups in total. The predicted octanol–water partition coefficient (Wildman–Crippen LogP) is 3.94. The highest BCUT2D eigenvalue weighted by Crippen LogP contribution is 2.21. The average Bonchev–Trinajstić information content (AvgIpc) is 2.88. The van der Waals surface area contributed by atoms with Gasteiger partial charge in [-0.25, -0.2) is 0 Å². The van der Waals surface area contributed by atoms with E-state index >= 15 is 0 Å². The highest BCUT2D eigenvalue weighted by molar-refractivity contribution is 9.10. The second-order valence-electron chi connectivity index (χ2n) is 4.42. The van der Waals surface area contributed by atoms with Gasteiger partial charge in [0.2, 0.25) is 0 Å². The molecule has 0 spiro atoms. The van der Waals surface area contributed by atoms with Gasteiger partial charge in [0.1, 0.15) is 0 Å². The summed E-state index contributed by atoms with van der Waals surface area (Å²) in [4.78, 5) is 12.7. The number of hydrogen-bond acceptors (Lipinski definition) is 3. The summed E-state index contributed by atoms with van der Waals surface area (Å²) in [6.45, 7) is 2.50. The van der Waals surface area contributed by atoms with E-state index in [0.717, 1.165) is 15.6 Å².